The second kappa shape index (κ2) is 9.05. The number of ether oxygens (including phenoxy) is 1. The molecule has 1 aromatic rings. The molecule has 2 N–H and O–H groups in total. The Morgan fingerprint density at radius 1 is 1.21 bits per heavy atom. The summed E-state index contributed by atoms with van der Waals surface area (Å²) in [5, 5.41) is 5.61. The Balaban J connectivity index is 1.72. The molecule has 0 saturated heterocycles. The van der Waals surface area contributed by atoms with Crippen molar-refractivity contribution in [1.29, 1.82) is 0 Å². The van der Waals surface area contributed by atoms with Crippen LogP contribution in [0.25, 0.3) is 6.08 Å². The molecule has 1 aliphatic carbocycles. The number of carbonyl (C=O) groups excluding carboxylic acids is 2. The van der Waals surface area contributed by atoms with Crippen LogP contribution in [0.5, 0.6) is 0 Å². The summed E-state index contributed by atoms with van der Waals surface area (Å²) in [6.45, 7) is 2.47. The van der Waals surface area contributed by atoms with Crippen LogP contribution in [-0.4, -0.2) is 30.7 Å². The van der Waals surface area contributed by atoms with Gasteiger partial charge in [0.2, 0.25) is 0 Å². The third-order valence-corrected chi connectivity index (χ3v) is 3.91. The summed E-state index contributed by atoms with van der Waals surface area (Å²) in [5.41, 5.74) is 0.739. The van der Waals surface area contributed by atoms with E-state index in [1.807, 2.05) is 6.92 Å². The minimum absolute atomic E-state index is 0.123. The van der Waals surface area contributed by atoms with E-state index >= 15 is 0 Å². The highest BCUT2D eigenvalue weighted by atomic mass is 19.1. The summed E-state index contributed by atoms with van der Waals surface area (Å²) >= 11 is 0. The number of halogens is 1. The van der Waals surface area contributed by atoms with Crippen LogP contribution in [-0.2, 0) is 9.53 Å². The third kappa shape index (κ3) is 6.02. The Bertz CT molecular complexity index is 578. The van der Waals surface area contributed by atoms with Crippen LogP contribution in [0.4, 0.5) is 9.18 Å². The molecule has 0 bridgehead atoms. The lowest BCUT2D eigenvalue weighted by atomic mass is 9.93. The lowest BCUT2D eigenvalue weighted by Gasteiger charge is -2.28. The molecule has 1 aliphatic rings. The second-order valence-electron chi connectivity index (χ2n) is 5.80. The van der Waals surface area contributed by atoms with E-state index in [1.54, 1.807) is 18.2 Å². The fourth-order valence-electron chi connectivity index (χ4n) is 2.66. The van der Waals surface area contributed by atoms with E-state index in [4.69, 9.17) is 4.74 Å². The smallest absolute Gasteiger partial charge is 0.331 e. The van der Waals surface area contributed by atoms with Crippen LogP contribution in [0.1, 0.15) is 38.2 Å². The van der Waals surface area contributed by atoms with Crippen molar-refractivity contribution < 1.29 is 18.7 Å². The molecule has 2 rings (SSSR count). The van der Waals surface area contributed by atoms with Crippen molar-refractivity contribution in [2.45, 2.75) is 44.8 Å². The zero-order valence-electron chi connectivity index (χ0n) is 13.8. The molecule has 0 aromatic heterocycles. The third-order valence-electron chi connectivity index (χ3n) is 3.91. The highest BCUT2D eigenvalue weighted by Gasteiger charge is 2.24. The Labute approximate surface area is 141 Å². The highest BCUT2D eigenvalue weighted by molar-refractivity contribution is 5.87. The Morgan fingerprint density at radius 3 is 2.50 bits per heavy atom. The van der Waals surface area contributed by atoms with Crippen LogP contribution in [0.3, 0.4) is 0 Å². The molecule has 1 fully saturated rings. The Kier molecular flexibility index (Phi) is 6.78. The van der Waals surface area contributed by atoms with Gasteiger partial charge in [-0.05, 0) is 56.4 Å². The first kappa shape index (κ1) is 18.0. The normalized spacial score (nSPS) is 20.6. The molecule has 0 atom stereocenters. The summed E-state index contributed by atoms with van der Waals surface area (Å²) in [6, 6.07) is 5.85. The van der Waals surface area contributed by atoms with Crippen LogP contribution in [0.2, 0.25) is 0 Å². The lowest BCUT2D eigenvalue weighted by Crippen LogP contribution is -2.44. The molecule has 6 heteroatoms. The SMILES string of the molecule is CCNC(=O)NC1CCC(OC(=O)C=Cc2ccc(F)cc2)CC1. The molecule has 2 amide bonds. The van der Waals surface area contributed by atoms with E-state index in [-0.39, 0.29) is 24.0 Å². The quantitative estimate of drug-likeness (QED) is 0.642. The van der Waals surface area contributed by atoms with E-state index in [2.05, 4.69) is 10.6 Å². The first-order chi connectivity index (χ1) is 11.6. The number of rotatable bonds is 5. The molecule has 1 aromatic carbocycles. The summed E-state index contributed by atoms with van der Waals surface area (Å²) in [5.74, 6) is -0.716. The average Bonchev–Trinajstić information content (AvgIpc) is 2.56. The minimum atomic E-state index is -0.403. The van der Waals surface area contributed by atoms with E-state index in [1.165, 1.54) is 18.2 Å². The standard InChI is InChI=1S/C18H23FN2O3/c1-2-20-18(23)21-15-8-10-16(11-9-15)24-17(22)12-5-13-3-6-14(19)7-4-13/h3-7,12,15-16H,2,8-11H2,1H3,(H2,20,21,23). The molecule has 0 radical (unpaired) electrons. The zero-order chi connectivity index (χ0) is 17.4. The molecule has 0 heterocycles. The van der Waals surface area contributed by atoms with Crippen molar-refractivity contribution in [1.82, 2.24) is 10.6 Å². The fraction of sp³-hybridized carbons (Fsp3) is 0.444. The van der Waals surface area contributed by atoms with Crippen molar-refractivity contribution in [3.05, 3.63) is 41.7 Å². The van der Waals surface area contributed by atoms with Crippen molar-refractivity contribution >= 4 is 18.1 Å². The van der Waals surface area contributed by atoms with E-state index in [9.17, 15) is 14.0 Å². The summed E-state index contributed by atoms with van der Waals surface area (Å²) < 4.78 is 18.2. The van der Waals surface area contributed by atoms with Crippen molar-refractivity contribution in [3.8, 4) is 0 Å². The van der Waals surface area contributed by atoms with Gasteiger partial charge in [-0.15, -0.1) is 0 Å². The molecule has 24 heavy (non-hydrogen) atoms. The maximum Gasteiger partial charge on any atom is 0.331 e. The minimum Gasteiger partial charge on any atom is -0.459 e. The monoisotopic (exact) mass is 334 g/mol. The van der Waals surface area contributed by atoms with E-state index in [0.717, 1.165) is 31.2 Å². The van der Waals surface area contributed by atoms with Crippen LogP contribution >= 0.6 is 0 Å². The topological polar surface area (TPSA) is 67.4 Å². The zero-order valence-corrected chi connectivity index (χ0v) is 13.8. The molecule has 0 spiro atoms. The number of nitrogens with one attached hydrogen (secondary N) is 2. The van der Waals surface area contributed by atoms with Gasteiger partial charge in [0.05, 0.1) is 0 Å². The first-order valence-corrected chi connectivity index (χ1v) is 8.25. The summed E-state index contributed by atoms with van der Waals surface area (Å²) in [7, 11) is 0. The molecule has 5 nitrogen and oxygen atoms in total. The van der Waals surface area contributed by atoms with Gasteiger partial charge in [-0.3, -0.25) is 0 Å². The molecule has 1 saturated carbocycles. The largest absolute Gasteiger partial charge is 0.459 e. The highest BCUT2D eigenvalue weighted by Crippen LogP contribution is 2.21. The fourth-order valence-corrected chi connectivity index (χ4v) is 2.66. The molecule has 130 valence electrons. The van der Waals surface area contributed by atoms with Gasteiger partial charge in [-0.1, -0.05) is 12.1 Å². The Morgan fingerprint density at radius 2 is 1.88 bits per heavy atom. The van der Waals surface area contributed by atoms with Gasteiger partial charge in [-0.2, -0.15) is 0 Å². The van der Waals surface area contributed by atoms with Gasteiger partial charge >= 0.3 is 12.0 Å². The van der Waals surface area contributed by atoms with Gasteiger partial charge in [0.1, 0.15) is 11.9 Å². The number of urea groups is 1. The summed E-state index contributed by atoms with van der Waals surface area (Å²) in [4.78, 5) is 23.3. The van der Waals surface area contributed by atoms with Gasteiger partial charge in [0.25, 0.3) is 0 Å². The number of benzene rings is 1. The molecule has 0 unspecified atom stereocenters. The van der Waals surface area contributed by atoms with Crippen LogP contribution < -0.4 is 10.6 Å². The van der Waals surface area contributed by atoms with Gasteiger partial charge in [0.15, 0.2) is 0 Å². The number of amides is 2. The number of carbonyl (C=O) groups is 2. The molecular weight excluding hydrogens is 311 g/mol. The maximum absolute atomic E-state index is 12.8. The maximum atomic E-state index is 12.8. The van der Waals surface area contributed by atoms with Crippen molar-refractivity contribution in [2.24, 2.45) is 0 Å². The van der Waals surface area contributed by atoms with Gasteiger partial charge < -0.3 is 15.4 Å². The predicted octanol–water partition coefficient (Wildman–Crippen LogP) is 3.01. The van der Waals surface area contributed by atoms with E-state index in [0.29, 0.717) is 6.54 Å². The van der Waals surface area contributed by atoms with Gasteiger partial charge in [0, 0.05) is 18.7 Å². The first-order valence-electron chi connectivity index (χ1n) is 8.25. The number of esters is 1. The average molecular weight is 334 g/mol. The Hall–Kier alpha value is -2.37. The van der Waals surface area contributed by atoms with Crippen LogP contribution in [0.15, 0.2) is 30.3 Å². The molecule has 0 aliphatic heterocycles. The predicted molar refractivity (Wildman–Crippen MR) is 89.8 cm³/mol. The van der Waals surface area contributed by atoms with E-state index < -0.39 is 5.97 Å². The molecular formula is C18H23FN2O3. The lowest BCUT2D eigenvalue weighted by molar-refractivity contribution is -0.144. The number of hydrogen-bond donors (Lipinski definition) is 2. The van der Waals surface area contributed by atoms with Crippen LogP contribution in [0, 0.1) is 5.82 Å². The van der Waals surface area contributed by atoms with Gasteiger partial charge in [-0.25, -0.2) is 14.0 Å². The summed E-state index contributed by atoms with van der Waals surface area (Å²) in [6.07, 6.45) is 5.87. The second-order valence-corrected chi connectivity index (χ2v) is 5.80. The van der Waals surface area contributed by atoms with Crippen molar-refractivity contribution in [2.75, 3.05) is 6.54 Å². The number of hydrogen-bond acceptors (Lipinski definition) is 3. The van der Waals surface area contributed by atoms with Crippen molar-refractivity contribution in [3.63, 3.8) is 0 Å².